The van der Waals surface area contributed by atoms with E-state index in [1.807, 2.05) is 27.7 Å². The highest BCUT2D eigenvalue weighted by atomic mass is 35.5. The lowest BCUT2D eigenvalue weighted by Crippen LogP contribution is -2.51. The Morgan fingerprint density at radius 2 is 1.37 bits per heavy atom. The predicted octanol–water partition coefficient (Wildman–Crippen LogP) is 8.62. The molecule has 2 heterocycles. The maximum absolute atomic E-state index is 15.0. The van der Waals surface area contributed by atoms with E-state index in [1.54, 1.807) is 12.1 Å². The van der Waals surface area contributed by atoms with Gasteiger partial charge in [-0.25, -0.2) is 14.0 Å². The molecule has 3 aromatic carbocycles. The molecule has 2 amide bonds. The van der Waals surface area contributed by atoms with Crippen LogP contribution in [-0.2, 0) is 14.3 Å². The number of rotatable bonds is 11. The third-order valence-corrected chi connectivity index (χ3v) is 9.83. The van der Waals surface area contributed by atoms with Crippen molar-refractivity contribution in [3.8, 4) is 11.5 Å². The van der Waals surface area contributed by atoms with Gasteiger partial charge in [-0.1, -0.05) is 27.7 Å². The number of benzene rings is 3. The molecule has 2 N–H and O–H groups in total. The molecule has 0 radical (unpaired) electrons. The second-order valence-corrected chi connectivity index (χ2v) is 13.7. The fraction of sp³-hybridized carbons (Fsp3) is 0.463. The predicted molar refractivity (Wildman–Crippen MR) is 223 cm³/mol. The number of nitrogens with one attached hydrogen (secondary N) is 2. The van der Waals surface area contributed by atoms with E-state index in [0.29, 0.717) is 29.8 Å². The molecule has 0 bridgehead atoms. The van der Waals surface area contributed by atoms with E-state index in [9.17, 15) is 39.4 Å². The molecule has 0 spiro atoms. The Morgan fingerprint density at radius 1 is 0.817 bits per heavy atom. The van der Waals surface area contributed by atoms with Crippen LogP contribution in [0.1, 0.15) is 72.6 Å². The van der Waals surface area contributed by atoms with Gasteiger partial charge in [-0.3, -0.25) is 40.0 Å². The van der Waals surface area contributed by atoms with Crippen molar-refractivity contribution >= 4 is 57.7 Å². The Bertz CT molecular complexity index is 1890. The second-order valence-electron chi connectivity index (χ2n) is 13.3. The number of piperidine rings is 1. The van der Waals surface area contributed by atoms with Gasteiger partial charge in [-0.05, 0) is 86.9 Å². The highest BCUT2D eigenvalue weighted by molar-refractivity contribution is 6.61. The van der Waals surface area contributed by atoms with Crippen LogP contribution < -0.4 is 25.0 Å². The summed E-state index contributed by atoms with van der Waals surface area (Å²) in [5.41, 5.74) is -0.0783. The molecule has 3 fully saturated rings. The molecular formula is C41H52ClFN6O11. The maximum Gasteiger partial charge on any atom is 0.513 e. The van der Waals surface area contributed by atoms with Crippen LogP contribution >= 0.6 is 11.6 Å². The minimum Gasteiger partial charge on any atom is -0.434 e. The highest BCUT2D eigenvalue weighted by Crippen LogP contribution is 2.32. The van der Waals surface area contributed by atoms with Gasteiger partial charge < -0.3 is 24.4 Å². The summed E-state index contributed by atoms with van der Waals surface area (Å²) in [6, 6.07) is 15.1. The van der Waals surface area contributed by atoms with E-state index in [1.165, 1.54) is 54.6 Å². The molecule has 19 heteroatoms. The number of ether oxygens (including phenoxy) is 3. The maximum atomic E-state index is 15.0. The molecule has 1 unspecified atom stereocenters. The highest BCUT2D eigenvalue weighted by Gasteiger charge is 2.30. The number of halogens is 2. The number of nitrogens with zero attached hydrogens (tertiary/aromatic N) is 4. The number of carbonyl (C=O) groups excluding carboxylic acids is 4. The number of nitro benzene ring substituents is 2. The molecule has 3 aliphatic rings. The number of imide groups is 1. The molecule has 1 saturated carbocycles. The van der Waals surface area contributed by atoms with Crippen molar-refractivity contribution in [2.45, 2.75) is 84.7 Å². The first kappa shape index (κ1) is 48.5. The van der Waals surface area contributed by atoms with Crippen LogP contribution in [0.5, 0.6) is 11.5 Å². The Labute approximate surface area is 352 Å². The van der Waals surface area contributed by atoms with Crippen LogP contribution in [0, 0.1) is 32.0 Å². The van der Waals surface area contributed by atoms with Crippen LogP contribution in [0.2, 0.25) is 0 Å². The van der Waals surface area contributed by atoms with Crippen LogP contribution in [0.25, 0.3) is 0 Å². The van der Waals surface area contributed by atoms with Gasteiger partial charge in [0.2, 0.25) is 11.8 Å². The first-order valence-electron chi connectivity index (χ1n) is 19.9. The third-order valence-electron chi connectivity index (χ3n) is 9.76. The molecule has 3 aromatic rings. The molecule has 326 valence electrons. The fourth-order valence-corrected chi connectivity index (χ4v) is 6.90. The summed E-state index contributed by atoms with van der Waals surface area (Å²) >= 11 is 4.92. The van der Waals surface area contributed by atoms with Crippen LogP contribution in [0.4, 0.5) is 36.7 Å². The monoisotopic (exact) mass is 858 g/mol. The Kier molecular flexibility index (Phi) is 20.1. The Morgan fingerprint density at radius 3 is 1.87 bits per heavy atom. The van der Waals surface area contributed by atoms with E-state index in [4.69, 9.17) is 21.1 Å². The molecule has 2 aliphatic heterocycles. The van der Waals surface area contributed by atoms with E-state index >= 15 is 4.39 Å². The first-order chi connectivity index (χ1) is 28.8. The summed E-state index contributed by atoms with van der Waals surface area (Å²) in [7, 11) is 0. The number of anilines is 2. The smallest absolute Gasteiger partial charge is 0.434 e. The van der Waals surface area contributed by atoms with Crippen LogP contribution in [-0.4, -0.2) is 83.0 Å². The summed E-state index contributed by atoms with van der Waals surface area (Å²) in [5, 5.41) is 26.3. The molecule has 60 heavy (non-hydrogen) atoms. The Hall–Kier alpha value is -5.88. The van der Waals surface area contributed by atoms with Crippen molar-refractivity contribution in [1.29, 1.82) is 0 Å². The topological polar surface area (TPSA) is 213 Å². The Balaban J connectivity index is 0.000000477. The van der Waals surface area contributed by atoms with Gasteiger partial charge in [0.05, 0.1) is 22.1 Å². The summed E-state index contributed by atoms with van der Waals surface area (Å²) in [5.74, 6) is -0.189. The van der Waals surface area contributed by atoms with Gasteiger partial charge >= 0.3 is 11.6 Å². The minimum absolute atomic E-state index is 0.0747. The number of carbonyl (C=O) groups is 4. The van der Waals surface area contributed by atoms with E-state index < -0.39 is 27.5 Å². The van der Waals surface area contributed by atoms with Gasteiger partial charge in [-0.2, -0.15) is 0 Å². The largest absolute Gasteiger partial charge is 0.513 e. The van der Waals surface area contributed by atoms with E-state index in [-0.39, 0.29) is 53.5 Å². The van der Waals surface area contributed by atoms with E-state index in [0.717, 1.165) is 58.3 Å². The van der Waals surface area contributed by atoms with Crippen molar-refractivity contribution in [1.82, 2.24) is 10.2 Å². The van der Waals surface area contributed by atoms with Crippen molar-refractivity contribution in [2.24, 2.45) is 5.92 Å². The number of hydrogen-bond acceptors (Lipinski definition) is 14. The SMILES string of the molecule is CC.CC.O=C(Cl)Oc1ccc([N+](=O)[O-])cc1.O=C1CCC(Nc2ccc(N3CCN(C4CCC(CCOC(=O)Oc5ccc([N+](=O)[O-])cc5)CC4)CC3)c(F)c2)C(=O)N1. The molecule has 2 saturated heterocycles. The minimum atomic E-state index is -0.978. The first-order valence-corrected chi connectivity index (χ1v) is 20.3. The lowest BCUT2D eigenvalue weighted by atomic mass is 9.83. The number of amides is 2. The third kappa shape index (κ3) is 15.4. The van der Waals surface area contributed by atoms with Gasteiger partial charge in [0.25, 0.3) is 11.4 Å². The molecule has 17 nitrogen and oxygen atoms in total. The van der Waals surface area contributed by atoms with E-state index in [2.05, 4.69) is 25.2 Å². The summed E-state index contributed by atoms with van der Waals surface area (Å²) in [4.78, 5) is 70.0. The summed E-state index contributed by atoms with van der Waals surface area (Å²) in [6.07, 6.45) is 4.78. The van der Waals surface area contributed by atoms with Crippen molar-refractivity contribution in [3.05, 3.63) is 92.8 Å². The van der Waals surface area contributed by atoms with Crippen molar-refractivity contribution < 1.29 is 47.6 Å². The quantitative estimate of drug-likeness (QED) is 0.0462. The zero-order valence-electron chi connectivity index (χ0n) is 34.1. The molecule has 1 atom stereocenters. The molecule has 0 aromatic heterocycles. The summed E-state index contributed by atoms with van der Waals surface area (Å²) < 4.78 is 29.8. The normalized spacial score (nSPS) is 18.6. The molecule has 1 aliphatic carbocycles. The van der Waals surface area contributed by atoms with Gasteiger partial charge in [-0.15, -0.1) is 0 Å². The summed E-state index contributed by atoms with van der Waals surface area (Å²) in [6.45, 7) is 11.4. The zero-order valence-corrected chi connectivity index (χ0v) is 34.9. The lowest BCUT2D eigenvalue weighted by Gasteiger charge is -2.42. The fourth-order valence-electron chi connectivity index (χ4n) is 6.81. The average molecular weight is 859 g/mol. The number of non-ortho nitro benzene ring substituents is 2. The van der Waals surface area contributed by atoms with Gasteiger partial charge in [0, 0.05) is 80.2 Å². The van der Waals surface area contributed by atoms with Crippen molar-refractivity contribution in [3.63, 3.8) is 0 Å². The van der Waals surface area contributed by atoms with Crippen LogP contribution in [0.15, 0.2) is 66.7 Å². The lowest BCUT2D eigenvalue weighted by molar-refractivity contribution is -0.385. The van der Waals surface area contributed by atoms with Gasteiger partial charge in [0.15, 0.2) is 0 Å². The van der Waals surface area contributed by atoms with Crippen LogP contribution in [0.3, 0.4) is 0 Å². The second kappa shape index (κ2) is 24.9. The number of nitro groups is 2. The number of hydrogen-bond donors (Lipinski definition) is 2. The molecular weight excluding hydrogens is 807 g/mol. The number of piperazine rings is 1. The standard InChI is InChI=1S/C30H36FN5O7.C7H4ClNO4.2C2H6/c31-25-19-21(32-26-10-12-28(37)33-29(26)38)3-11-27(25)35-16-14-34(15-17-35)22-4-1-20(2-5-22)13-18-42-30(39)43-24-8-6-23(7-9-24)36(40)41;8-7(10)13-6-3-1-5(2-4-6)9(11)12;2*1-2/h3,6-9,11,19-20,22,26,32H,1-2,4-5,10,12-18H2,(H,33,37,38);1-4H;2*1-2H3. The van der Waals surface area contributed by atoms with Gasteiger partial charge in [0.1, 0.15) is 23.4 Å². The average Bonchev–Trinajstić information content (AvgIpc) is 3.24. The van der Waals surface area contributed by atoms with Crippen molar-refractivity contribution in [2.75, 3.05) is 43.0 Å². The molecule has 6 rings (SSSR count). The zero-order chi connectivity index (χ0) is 44.2.